The Bertz CT molecular complexity index is 2290. The summed E-state index contributed by atoms with van der Waals surface area (Å²) in [5, 5.41) is 5.80. The number of amidine groups is 1. The monoisotopic (exact) mass is 928 g/mol. The lowest BCUT2D eigenvalue weighted by Crippen LogP contribution is -2.57. The number of ketones is 1. The molecule has 2 aliphatic heterocycles. The van der Waals surface area contributed by atoms with Gasteiger partial charge in [-0.1, -0.05) is 67.1 Å². The number of nitrogens with zero attached hydrogens (tertiary/aromatic N) is 3. The molecule has 15 nitrogen and oxygen atoms in total. The summed E-state index contributed by atoms with van der Waals surface area (Å²) in [4.78, 5) is 73.2. The number of unbranched alkanes of at least 4 members (excludes halogenated alkanes) is 1. The lowest BCUT2D eigenvalue weighted by molar-refractivity contribution is -0.141. The highest BCUT2D eigenvalue weighted by atomic mass is 32.2. The van der Waals surface area contributed by atoms with E-state index < -0.39 is 57.6 Å². The van der Waals surface area contributed by atoms with Gasteiger partial charge in [0.05, 0.1) is 18.0 Å². The molecule has 0 spiro atoms. The fourth-order valence-electron chi connectivity index (χ4n) is 8.92. The number of benzene rings is 3. The second-order valence-corrected chi connectivity index (χ2v) is 19.9. The van der Waals surface area contributed by atoms with Gasteiger partial charge in [0.25, 0.3) is 10.0 Å². The van der Waals surface area contributed by atoms with Gasteiger partial charge in [-0.15, -0.1) is 4.40 Å². The van der Waals surface area contributed by atoms with E-state index in [1.807, 2.05) is 60.7 Å². The van der Waals surface area contributed by atoms with Crippen LogP contribution in [0, 0.1) is 20.8 Å². The maximum absolute atomic E-state index is 14.9. The third kappa shape index (κ3) is 13.6. The van der Waals surface area contributed by atoms with E-state index in [0.717, 1.165) is 30.4 Å². The van der Waals surface area contributed by atoms with Crippen LogP contribution < -0.4 is 21.1 Å². The second kappa shape index (κ2) is 23.1. The average Bonchev–Trinajstić information content (AvgIpc) is 3.78. The highest BCUT2D eigenvalue weighted by molar-refractivity contribution is 7.90. The van der Waals surface area contributed by atoms with Gasteiger partial charge in [-0.25, -0.2) is 4.79 Å². The summed E-state index contributed by atoms with van der Waals surface area (Å²) in [5.74, 6) is -1.62. The highest BCUT2D eigenvalue weighted by Crippen LogP contribution is 2.33. The smallest absolute Gasteiger partial charge is 0.408 e. The molecule has 66 heavy (non-hydrogen) atoms. The standard InChI is InChI=1S/C50H68N6O9S/c1-33-32-41(64-7)34(2)35(3)46(33)66(62,63)54-42(51)26-16-15-24-38(40(57)27-28-43(58)55-29-17-10-18-30-55)52-47(59)39-25-19-31-56(39)48(60)45(53-49(61)65-50(4,5)6)44(36-20-11-8-12-21-36)37-22-13-9-14-23-37/h8-9,11-14,20-23,32,38-39,44-45H,10,15-19,24-31H2,1-7H3,(H2,51,54)(H,52,59)(H,53,61)/t38?,39-,45?/m0/s1. The number of hydrogen-bond acceptors (Lipinski definition) is 9. The molecule has 2 saturated heterocycles. The van der Waals surface area contributed by atoms with Crippen molar-refractivity contribution in [3.05, 3.63) is 94.5 Å². The Kier molecular flexibility index (Phi) is 17.9. The Balaban J connectivity index is 1.35. The van der Waals surface area contributed by atoms with Crippen molar-refractivity contribution in [1.82, 2.24) is 20.4 Å². The van der Waals surface area contributed by atoms with Crippen LogP contribution in [0.4, 0.5) is 4.79 Å². The number of Topliss-reactive ketones (excluding diaryl/α,β-unsaturated/α-hetero) is 1. The van der Waals surface area contributed by atoms with Crippen molar-refractivity contribution < 1.29 is 41.9 Å². The molecule has 0 bridgehead atoms. The van der Waals surface area contributed by atoms with Crippen LogP contribution in [0.1, 0.15) is 125 Å². The topological polar surface area (TPSA) is 207 Å². The van der Waals surface area contributed by atoms with Crippen LogP contribution in [0.3, 0.4) is 0 Å². The van der Waals surface area contributed by atoms with Gasteiger partial charge >= 0.3 is 6.09 Å². The number of amides is 4. The van der Waals surface area contributed by atoms with Crippen molar-refractivity contribution in [3.8, 4) is 5.75 Å². The van der Waals surface area contributed by atoms with Crippen LogP contribution >= 0.6 is 0 Å². The van der Waals surface area contributed by atoms with Crippen LogP contribution in [0.25, 0.3) is 0 Å². The lowest BCUT2D eigenvalue weighted by Gasteiger charge is -2.34. The van der Waals surface area contributed by atoms with E-state index in [1.165, 1.54) is 12.0 Å². The Morgan fingerprint density at radius 1 is 0.818 bits per heavy atom. The molecule has 0 saturated carbocycles. The first kappa shape index (κ1) is 51.2. The van der Waals surface area contributed by atoms with Crippen LogP contribution in [0.15, 0.2) is 76.0 Å². The number of nitrogens with one attached hydrogen (secondary N) is 2. The van der Waals surface area contributed by atoms with Crippen molar-refractivity contribution >= 4 is 45.5 Å². The Labute approximate surface area is 390 Å². The van der Waals surface area contributed by atoms with Gasteiger partial charge in [0.1, 0.15) is 29.3 Å². The molecular formula is C50H68N6O9S. The first-order valence-corrected chi connectivity index (χ1v) is 24.5. The van der Waals surface area contributed by atoms with Crippen molar-refractivity contribution in [2.75, 3.05) is 26.7 Å². The number of methoxy groups -OCH3 is 1. The molecule has 358 valence electrons. The molecule has 0 radical (unpaired) electrons. The number of carbonyl (C=O) groups excluding carboxylic acids is 5. The zero-order valence-corrected chi connectivity index (χ0v) is 40.4. The van der Waals surface area contributed by atoms with Crippen molar-refractivity contribution in [2.24, 2.45) is 10.1 Å². The molecule has 2 aliphatic rings. The quantitative estimate of drug-likeness (QED) is 0.0652. The molecule has 3 aromatic carbocycles. The summed E-state index contributed by atoms with van der Waals surface area (Å²) in [6.07, 6.45) is 3.81. The fraction of sp³-hybridized carbons (Fsp3) is 0.520. The molecule has 3 atom stereocenters. The van der Waals surface area contributed by atoms with Crippen LogP contribution in [-0.2, 0) is 33.9 Å². The van der Waals surface area contributed by atoms with Crippen LogP contribution in [0.5, 0.6) is 5.75 Å². The molecule has 0 aromatic heterocycles. The molecule has 5 rings (SSSR count). The normalized spacial score (nSPS) is 16.7. The summed E-state index contributed by atoms with van der Waals surface area (Å²) < 4.78 is 41.9. The number of hydrogen-bond donors (Lipinski definition) is 3. The third-order valence-electron chi connectivity index (χ3n) is 12.3. The maximum Gasteiger partial charge on any atom is 0.408 e. The lowest BCUT2D eigenvalue weighted by atomic mass is 9.84. The van der Waals surface area contributed by atoms with E-state index in [4.69, 9.17) is 15.2 Å². The van der Waals surface area contributed by atoms with E-state index in [0.29, 0.717) is 61.2 Å². The SMILES string of the molecule is COc1cc(C)c(S(=O)(=O)/N=C(/N)CCCCC(NC(=O)[C@@H]2CCCN2C(=O)C(NC(=O)OC(C)(C)C)C(c2ccccc2)c2ccccc2)C(=O)CCC(=O)N2CCCCC2)c(C)c1C. The van der Waals surface area contributed by atoms with Gasteiger partial charge in [-0.05, 0) is 120 Å². The Morgan fingerprint density at radius 3 is 2.03 bits per heavy atom. The average molecular weight is 929 g/mol. The maximum atomic E-state index is 14.9. The first-order valence-electron chi connectivity index (χ1n) is 23.1. The summed E-state index contributed by atoms with van der Waals surface area (Å²) in [5.41, 5.74) is 8.56. The summed E-state index contributed by atoms with van der Waals surface area (Å²) >= 11 is 0. The first-order chi connectivity index (χ1) is 31.3. The molecule has 16 heteroatoms. The second-order valence-electron chi connectivity index (χ2n) is 18.4. The Hall–Kier alpha value is -5.77. The predicted molar refractivity (Wildman–Crippen MR) is 254 cm³/mol. The largest absolute Gasteiger partial charge is 0.496 e. The predicted octanol–water partition coefficient (Wildman–Crippen LogP) is 6.79. The summed E-state index contributed by atoms with van der Waals surface area (Å²) in [6.45, 7) is 11.9. The Morgan fingerprint density at radius 2 is 1.44 bits per heavy atom. The number of likely N-dealkylation sites (tertiary alicyclic amines) is 2. The van der Waals surface area contributed by atoms with Gasteiger partial charge in [0, 0.05) is 44.8 Å². The minimum absolute atomic E-state index is 0.00124. The van der Waals surface area contributed by atoms with Crippen LogP contribution in [0.2, 0.25) is 0 Å². The number of carbonyl (C=O) groups is 5. The van der Waals surface area contributed by atoms with E-state index in [1.54, 1.807) is 52.5 Å². The zero-order chi connectivity index (χ0) is 48.2. The van der Waals surface area contributed by atoms with Gasteiger partial charge in [-0.3, -0.25) is 19.2 Å². The molecule has 2 unspecified atom stereocenters. The van der Waals surface area contributed by atoms with Crippen molar-refractivity contribution in [1.29, 1.82) is 0 Å². The number of rotatable bonds is 19. The third-order valence-corrected chi connectivity index (χ3v) is 13.9. The number of nitrogens with two attached hydrogens (primary N) is 1. The van der Waals surface area contributed by atoms with Gasteiger partial charge < -0.3 is 35.6 Å². The fourth-order valence-corrected chi connectivity index (χ4v) is 10.4. The molecule has 4 N–H and O–H groups in total. The molecule has 4 amide bonds. The highest BCUT2D eigenvalue weighted by Gasteiger charge is 2.43. The molecule has 2 heterocycles. The zero-order valence-electron chi connectivity index (χ0n) is 39.6. The molecular weight excluding hydrogens is 861 g/mol. The van der Waals surface area contributed by atoms with Crippen LogP contribution in [-0.4, -0.2) is 104 Å². The molecule has 2 fully saturated rings. The number of piperidine rings is 1. The van der Waals surface area contributed by atoms with E-state index in [2.05, 4.69) is 15.0 Å². The minimum atomic E-state index is -4.16. The van der Waals surface area contributed by atoms with E-state index in [9.17, 15) is 32.4 Å². The van der Waals surface area contributed by atoms with E-state index >= 15 is 0 Å². The van der Waals surface area contributed by atoms with Gasteiger partial charge in [-0.2, -0.15) is 8.42 Å². The van der Waals surface area contributed by atoms with Gasteiger partial charge in [0.15, 0.2) is 5.78 Å². The number of aryl methyl sites for hydroxylation is 1. The van der Waals surface area contributed by atoms with E-state index in [-0.39, 0.29) is 54.6 Å². The number of sulfonamides is 1. The summed E-state index contributed by atoms with van der Waals surface area (Å²) in [6, 6.07) is 17.2. The summed E-state index contributed by atoms with van der Waals surface area (Å²) in [7, 11) is -2.64. The van der Waals surface area contributed by atoms with Crippen molar-refractivity contribution in [3.63, 3.8) is 0 Å². The van der Waals surface area contributed by atoms with Crippen molar-refractivity contribution in [2.45, 2.75) is 147 Å². The van der Waals surface area contributed by atoms with Gasteiger partial charge in [0.2, 0.25) is 17.7 Å². The minimum Gasteiger partial charge on any atom is -0.496 e. The number of alkyl carbamates (subject to hydrolysis) is 1. The molecule has 3 aromatic rings. The molecule has 0 aliphatic carbocycles. The number of ether oxygens (including phenoxy) is 2.